The van der Waals surface area contributed by atoms with Gasteiger partial charge in [0.1, 0.15) is 12.3 Å². The van der Waals surface area contributed by atoms with Crippen molar-refractivity contribution < 1.29 is 23.9 Å². The van der Waals surface area contributed by atoms with Crippen LogP contribution in [-0.2, 0) is 9.59 Å². The predicted molar refractivity (Wildman–Crippen MR) is 141 cm³/mol. The lowest BCUT2D eigenvalue weighted by Gasteiger charge is -2.28. The number of fused-ring (bicyclic) bond motifs is 1. The zero-order valence-corrected chi connectivity index (χ0v) is 21.1. The highest BCUT2D eigenvalue weighted by molar-refractivity contribution is 6.22. The van der Waals surface area contributed by atoms with E-state index in [1.54, 1.807) is 55.6 Å². The molecule has 1 heterocycles. The molecule has 1 aliphatic heterocycles. The number of nitrogens with zero attached hydrogens (tertiary/aromatic N) is 3. The molecule has 8 nitrogen and oxygen atoms in total. The second-order valence-corrected chi connectivity index (χ2v) is 9.18. The molecule has 0 spiro atoms. The van der Waals surface area contributed by atoms with E-state index < -0.39 is 24.3 Å². The average Bonchev–Trinajstić information content (AvgIpc) is 3.15. The van der Waals surface area contributed by atoms with Crippen molar-refractivity contribution in [1.82, 2.24) is 4.90 Å². The van der Waals surface area contributed by atoms with Crippen molar-refractivity contribution in [3.63, 3.8) is 0 Å². The van der Waals surface area contributed by atoms with Crippen LogP contribution in [0.5, 0.6) is 5.75 Å². The third-order valence-corrected chi connectivity index (χ3v) is 6.05. The molecule has 0 aliphatic carbocycles. The fourth-order valence-corrected chi connectivity index (χ4v) is 4.14. The van der Waals surface area contributed by atoms with Gasteiger partial charge in [0.05, 0.1) is 16.8 Å². The zero-order valence-electron chi connectivity index (χ0n) is 21.1. The van der Waals surface area contributed by atoms with Gasteiger partial charge in [-0.3, -0.25) is 24.1 Å². The van der Waals surface area contributed by atoms with Gasteiger partial charge in [-0.1, -0.05) is 56.3 Å². The van der Waals surface area contributed by atoms with Crippen molar-refractivity contribution in [3.8, 4) is 5.75 Å². The van der Waals surface area contributed by atoms with Crippen LogP contribution in [0.2, 0.25) is 0 Å². The lowest BCUT2D eigenvalue weighted by Crippen LogP contribution is -2.44. The number of rotatable bonds is 9. The van der Waals surface area contributed by atoms with Crippen LogP contribution in [0.1, 0.15) is 34.6 Å². The van der Waals surface area contributed by atoms with Gasteiger partial charge in [0.2, 0.25) is 5.91 Å². The van der Waals surface area contributed by atoms with Crippen LogP contribution in [0.15, 0.2) is 78.9 Å². The topological polar surface area (TPSA) is 87.2 Å². The van der Waals surface area contributed by atoms with E-state index in [4.69, 9.17) is 4.74 Å². The lowest BCUT2D eigenvalue weighted by atomic mass is 10.1. The van der Waals surface area contributed by atoms with E-state index in [1.807, 2.05) is 44.2 Å². The lowest BCUT2D eigenvalue weighted by molar-refractivity contribution is -0.120. The van der Waals surface area contributed by atoms with E-state index in [2.05, 4.69) is 0 Å². The quantitative estimate of drug-likeness (QED) is 0.415. The number of hydrogen-bond acceptors (Lipinski definition) is 5. The Kier molecular flexibility index (Phi) is 7.67. The Morgan fingerprint density at radius 2 is 1.38 bits per heavy atom. The van der Waals surface area contributed by atoms with Crippen molar-refractivity contribution in [2.75, 3.05) is 36.5 Å². The third kappa shape index (κ3) is 5.53. The number of anilines is 2. The Balaban J connectivity index is 1.52. The summed E-state index contributed by atoms with van der Waals surface area (Å²) in [4.78, 5) is 55.9. The minimum Gasteiger partial charge on any atom is -0.482 e. The van der Waals surface area contributed by atoms with Crippen LogP contribution in [0.25, 0.3) is 0 Å². The molecular weight excluding hydrogens is 470 g/mol. The van der Waals surface area contributed by atoms with Gasteiger partial charge in [0, 0.05) is 19.3 Å². The number of benzene rings is 3. The summed E-state index contributed by atoms with van der Waals surface area (Å²) in [6, 6.07) is 22.7. The Morgan fingerprint density at radius 1 is 0.811 bits per heavy atom. The Morgan fingerprint density at radius 3 is 2.00 bits per heavy atom. The molecule has 0 N–H and O–H groups in total. The Bertz CT molecular complexity index is 1290. The van der Waals surface area contributed by atoms with Gasteiger partial charge in [-0.2, -0.15) is 0 Å². The molecule has 0 radical (unpaired) electrons. The first-order valence-corrected chi connectivity index (χ1v) is 12.1. The Labute approximate surface area is 216 Å². The highest BCUT2D eigenvalue weighted by atomic mass is 16.5. The van der Waals surface area contributed by atoms with E-state index in [1.165, 1.54) is 9.80 Å². The molecule has 0 bridgehead atoms. The molecule has 3 aromatic carbocycles. The second kappa shape index (κ2) is 11.1. The number of imide groups is 1. The van der Waals surface area contributed by atoms with Crippen molar-refractivity contribution in [3.05, 3.63) is 90.0 Å². The van der Waals surface area contributed by atoms with Crippen LogP contribution in [-0.4, -0.2) is 55.3 Å². The molecule has 0 saturated carbocycles. The first-order valence-electron chi connectivity index (χ1n) is 12.1. The standard InChI is InChI=1S/C29H29N3O5/c1-20(2)17-31(26(33)18-32-28(35)22-13-7-8-14-23(22)29(32)36)24-15-9-10-16-25(24)37-19-27(34)30(3)21-11-5-4-6-12-21/h4-16,20H,17-19H2,1-3H3. The third-order valence-electron chi connectivity index (χ3n) is 6.05. The second-order valence-electron chi connectivity index (χ2n) is 9.18. The van der Waals surface area contributed by atoms with Crippen LogP contribution < -0.4 is 14.5 Å². The van der Waals surface area contributed by atoms with Crippen LogP contribution in [0.4, 0.5) is 11.4 Å². The van der Waals surface area contributed by atoms with Crippen LogP contribution >= 0.6 is 0 Å². The van der Waals surface area contributed by atoms with Gasteiger partial charge in [-0.05, 0) is 42.3 Å². The molecule has 8 heteroatoms. The van der Waals surface area contributed by atoms with Gasteiger partial charge < -0.3 is 14.5 Å². The molecule has 1 aliphatic rings. The van der Waals surface area contributed by atoms with E-state index in [-0.39, 0.29) is 18.4 Å². The van der Waals surface area contributed by atoms with Gasteiger partial charge in [-0.15, -0.1) is 0 Å². The van der Waals surface area contributed by atoms with Gasteiger partial charge in [0.15, 0.2) is 6.61 Å². The highest BCUT2D eigenvalue weighted by Crippen LogP contribution is 2.30. The largest absolute Gasteiger partial charge is 0.482 e. The van der Waals surface area contributed by atoms with E-state index >= 15 is 0 Å². The highest BCUT2D eigenvalue weighted by Gasteiger charge is 2.37. The Hall–Kier alpha value is -4.46. The number of ether oxygens (including phenoxy) is 1. The fraction of sp³-hybridized carbons (Fsp3) is 0.241. The molecule has 0 saturated heterocycles. The minimum atomic E-state index is -0.488. The summed E-state index contributed by atoms with van der Waals surface area (Å²) in [5.74, 6) is -1.21. The summed E-state index contributed by atoms with van der Waals surface area (Å²) in [5.41, 5.74) is 1.79. The smallest absolute Gasteiger partial charge is 0.264 e. The van der Waals surface area contributed by atoms with Gasteiger partial charge >= 0.3 is 0 Å². The van der Waals surface area contributed by atoms with E-state index in [0.717, 1.165) is 10.6 Å². The summed E-state index contributed by atoms with van der Waals surface area (Å²) in [6.07, 6.45) is 0. The minimum absolute atomic E-state index is 0.0880. The van der Waals surface area contributed by atoms with Crippen molar-refractivity contribution in [2.24, 2.45) is 5.92 Å². The summed E-state index contributed by atoms with van der Waals surface area (Å²) < 4.78 is 5.88. The summed E-state index contributed by atoms with van der Waals surface area (Å²) in [7, 11) is 1.67. The number of amides is 4. The van der Waals surface area contributed by atoms with E-state index in [0.29, 0.717) is 29.1 Å². The molecule has 0 fully saturated rings. The number of para-hydroxylation sites is 3. The number of hydrogen-bond donors (Lipinski definition) is 0. The normalized spacial score (nSPS) is 12.5. The zero-order chi connectivity index (χ0) is 26.5. The van der Waals surface area contributed by atoms with Gasteiger partial charge in [0.25, 0.3) is 17.7 Å². The van der Waals surface area contributed by atoms with Crippen LogP contribution in [0.3, 0.4) is 0 Å². The summed E-state index contributed by atoms with van der Waals surface area (Å²) in [5, 5.41) is 0. The van der Waals surface area contributed by atoms with Crippen molar-refractivity contribution in [1.29, 1.82) is 0 Å². The predicted octanol–water partition coefficient (Wildman–Crippen LogP) is 4.01. The monoisotopic (exact) mass is 499 g/mol. The molecule has 0 aromatic heterocycles. The number of carbonyl (C=O) groups is 4. The number of carbonyl (C=O) groups excluding carboxylic acids is 4. The molecule has 0 atom stereocenters. The van der Waals surface area contributed by atoms with Crippen LogP contribution in [0, 0.1) is 5.92 Å². The summed E-state index contributed by atoms with van der Waals surface area (Å²) >= 11 is 0. The molecule has 190 valence electrons. The average molecular weight is 500 g/mol. The molecule has 3 aromatic rings. The maximum Gasteiger partial charge on any atom is 0.264 e. The first-order chi connectivity index (χ1) is 17.8. The maximum absolute atomic E-state index is 13.5. The van der Waals surface area contributed by atoms with Gasteiger partial charge in [-0.25, -0.2) is 0 Å². The summed E-state index contributed by atoms with van der Waals surface area (Å²) in [6.45, 7) is 3.63. The molecule has 4 rings (SSSR count). The number of likely N-dealkylation sites (N-methyl/N-ethyl adjacent to an activating group) is 1. The SMILES string of the molecule is CC(C)CN(C(=O)CN1C(=O)c2ccccc2C1=O)c1ccccc1OCC(=O)N(C)c1ccccc1. The van der Waals surface area contributed by atoms with Crippen molar-refractivity contribution in [2.45, 2.75) is 13.8 Å². The molecule has 4 amide bonds. The molecule has 37 heavy (non-hydrogen) atoms. The van der Waals surface area contributed by atoms with E-state index in [9.17, 15) is 19.2 Å². The molecular formula is C29H29N3O5. The molecule has 0 unspecified atom stereocenters. The maximum atomic E-state index is 13.5. The first kappa shape index (κ1) is 25.6. The van der Waals surface area contributed by atoms with Crippen molar-refractivity contribution >= 4 is 35.0 Å². The fourth-order valence-electron chi connectivity index (χ4n) is 4.14.